The van der Waals surface area contributed by atoms with Gasteiger partial charge in [0.25, 0.3) is 0 Å². The Bertz CT molecular complexity index is 447. The Labute approximate surface area is 112 Å². The summed E-state index contributed by atoms with van der Waals surface area (Å²) in [5, 5.41) is 3.80. The van der Waals surface area contributed by atoms with E-state index in [9.17, 15) is 4.79 Å². The quantitative estimate of drug-likeness (QED) is 0.907. The maximum Gasteiger partial charge on any atom is 0.144 e. The maximum absolute atomic E-state index is 12.2. The lowest BCUT2D eigenvalue weighted by molar-refractivity contribution is -0.122. The van der Waals surface area contributed by atoms with E-state index < -0.39 is 0 Å². The molecule has 1 aromatic carbocycles. The van der Waals surface area contributed by atoms with Crippen molar-refractivity contribution in [3.8, 4) is 0 Å². The summed E-state index contributed by atoms with van der Waals surface area (Å²) in [6, 6.07) is 5.93. The highest BCUT2D eigenvalue weighted by atomic mass is 35.5. The second kappa shape index (κ2) is 5.83. The van der Waals surface area contributed by atoms with Crippen LogP contribution >= 0.6 is 11.6 Å². The number of ether oxygens (including phenoxy) is 1. The number of nitrogens with one attached hydrogen (secondary N) is 1. The molecule has 1 aliphatic rings. The summed E-state index contributed by atoms with van der Waals surface area (Å²) in [5.41, 5.74) is 2.00. The van der Waals surface area contributed by atoms with Crippen molar-refractivity contribution in [1.29, 1.82) is 0 Å². The van der Waals surface area contributed by atoms with E-state index in [4.69, 9.17) is 16.3 Å². The average molecular weight is 268 g/mol. The first-order valence-corrected chi connectivity index (χ1v) is 6.52. The number of rotatable bonds is 4. The van der Waals surface area contributed by atoms with E-state index in [1.807, 2.05) is 32.2 Å². The summed E-state index contributed by atoms with van der Waals surface area (Å²) >= 11 is 6.15. The molecule has 0 spiro atoms. The highest BCUT2D eigenvalue weighted by molar-refractivity contribution is 6.31. The maximum atomic E-state index is 12.2. The zero-order chi connectivity index (χ0) is 13.1. The van der Waals surface area contributed by atoms with Crippen LogP contribution in [0.25, 0.3) is 0 Å². The molecule has 0 saturated carbocycles. The first-order chi connectivity index (χ1) is 8.61. The van der Waals surface area contributed by atoms with Crippen LogP contribution in [0.5, 0.6) is 0 Å². The number of Topliss-reactive ketones (excluding diaryl/α,β-unsaturated/α-hetero) is 1. The first kappa shape index (κ1) is 13.5. The number of benzene rings is 1. The van der Waals surface area contributed by atoms with Gasteiger partial charge in [0.2, 0.25) is 0 Å². The summed E-state index contributed by atoms with van der Waals surface area (Å²) < 4.78 is 5.35. The summed E-state index contributed by atoms with van der Waals surface area (Å²) in [6.45, 7) is 3.10. The summed E-state index contributed by atoms with van der Waals surface area (Å²) in [7, 11) is 1.86. The van der Waals surface area contributed by atoms with Gasteiger partial charge in [-0.05, 0) is 31.2 Å². The molecule has 1 saturated heterocycles. The minimum Gasteiger partial charge on any atom is -0.379 e. The van der Waals surface area contributed by atoms with Gasteiger partial charge in [-0.15, -0.1) is 0 Å². The number of ketones is 1. The second-order valence-electron chi connectivity index (χ2n) is 4.78. The first-order valence-electron chi connectivity index (χ1n) is 6.14. The number of hydrogen-bond acceptors (Lipinski definition) is 3. The number of hydrogen-bond donors (Lipinski definition) is 1. The number of carbonyl (C=O) groups is 1. The fourth-order valence-electron chi connectivity index (χ4n) is 2.27. The largest absolute Gasteiger partial charge is 0.379 e. The van der Waals surface area contributed by atoms with Gasteiger partial charge in [-0.3, -0.25) is 4.79 Å². The lowest BCUT2D eigenvalue weighted by atomic mass is 9.93. The van der Waals surface area contributed by atoms with Gasteiger partial charge in [-0.25, -0.2) is 0 Å². The molecule has 0 aromatic heterocycles. The SMILES string of the molecule is CNC1COCC1C(=O)Cc1ccc(C)cc1Cl. The average Bonchev–Trinajstić information content (AvgIpc) is 2.81. The van der Waals surface area contributed by atoms with Crippen molar-refractivity contribution in [2.75, 3.05) is 20.3 Å². The van der Waals surface area contributed by atoms with E-state index in [1.54, 1.807) is 0 Å². The normalized spacial score (nSPS) is 23.3. The minimum atomic E-state index is -0.0626. The van der Waals surface area contributed by atoms with Crippen LogP contribution in [0.1, 0.15) is 11.1 Å². The van der Waals surface area contributed by atoms with Crippen molar-refractivity contribution in [1.82, 2.24) is 5.32 Å². The minimum absolute atomic E-state index is 0.0626. The van der Waals surface area contributed by atoms with Gasteiger partial charge >= 0.3 is 0 Å². The van der Waals surface area contributed by atoms with Gasteiger partial charge in [0, 0.05) is 17.5 Å². The molecular weight excluding hydrogens is 250 g/mol. The number of likely N-dealkylation sites (N-methyl/N-ethyl adjacent to an activating group) is 1. The Morgan fingerprint density at radius 2 is 2.28 bits per heavy atom. The number of aryl methyl sites for hydroxylation is 1. The van der Waals surface area contributed by atoms with Crippen molar-refractivity contribution in [2.45, 2.75) is 19.4 Å². The van der Waals surface area contributed by atoms with Crippen molar-refractivity contribution in [3.05, 3.63) is 34.3 Å². The van der Waals surface area contributed by atoms with Crippen LogP contribution in [-0.2, 0) is 16.0 Å². The fraction of sp³-hybridized carbons (Fsp3) is 0.500. The van der Waals surface area contributed by atoms with Crippen molar-refractivity contribution in [3.63, 3.8) is 0 Å². The predicted octanol–water partition coefficient (Wildman–Crippen LogP) is 1.99. The van der Waals surface area contributed by atoms with Crippen LogP contribution in [0.4, 0.5) is 0 Å². The lowest BCUT2D eigenvalue weighted by Crippen LogP contribution is -2.37. The van der Waals surface area contributed by atoms with Gasteiger partial charge in [0.1, 0.15) is 5.78 Å². The molecule has 1 N–H and O–H groups in total. The molecule has 2 atom stereocenters. The third-order valence-corrected chi connectivity index (χ3v) is 3.79. The van der Waals surface area contributed by atoms with E-state index in [2.05, 4.69) is 5.32 Å². The van der Waals surface area contributed by atoms with E-state index in [0.29, 0.717) is 24.7 Å². The zero-order valence-electron chi connectivity index (χ0n) is 10.7. The van der Waals surface area contributed by atoms with E-state index in [1.165, 1.54) is 0 Å². The zero-order valence-corrected chi connectivity index (χ0v) is 11.5. The summed E-state index contributed by atoms with van der Waals surface area (Å²) in [6.07, 6.45) is 0.380. The molecular formula is C14H18ClNO2. The highest BCUT2D eigenvalue weighted by Gasteiger charge is 2.32. The summed E-state index contributed by atoms with van der Waals surface area (Å²) in [4.78, 5) is 12.2. The summed E-state index contributed by atoms with van der Waals surface area (Å²) in [5.74, 6) is 0.130. The van der Waals surface area contributed by atoms with E-state index >= 15 is 0 Å². The fourth-order valence-corrected chi connectivity index (χ4v) is 2.57. The van der Waals surface area contributed by atoms with E-state index in [0.717, 1.165) is 11.1 Å². The van der Waals surface area contributed by atoms with Crippen LogP contribution in [-0.4, -0.2) is 32.1 Å². The molecule has 1 heterocycles. The van der Waals surface area contributed by atoms with Crippen LogP contribution in [0.3, 0.4) is 0 Å². The highest BCUT2D eigenvalue weighted by Crippen LogP contribution is 2.22. The molecule has 4 heteroatoms. The monoisotopic (exact) mass is 267 g/mol. The van der Waals surface area contributed by atoms with Crippen LogP contribution in [0, 0.1) is 12.8 Å². The van der Waals surface area contributed by atoms with Gasteiger partial charge in [0.05, 0.1) is 19.1 Å². The molecule has 1 fully saturated rings. The van der Waals surface area contributed by atoms with Crippen molar-refractivity contribution < 1.29 is 9.53 Å². The number of halogens is 1. The Morgan fingerprint density at radius 3 is 2.94 bits per heavy atom. The van der Waals surface area contributed by atoms with E-state index in [-0.39, 0.29) is 17.7 Å². The Morgan fingerprint density at radius 1 is 1.50 bits per heavy atom. The molecule has 1 aliphatic heterocycles. The van der Waals surface area contributed by atoms with Crippen LogP contribution in [0.2, 0.25) is 5.02 Å². The standard InChI is InChI=1S/C14H18ClNO2/c1-9-3-4-10(12(15)5-9)6-14(17)11-7-18-8-13(11)16-2/h3-5,11,13,16H,6-8H2,1-2H3. The van der Waals surface area contributed by atoms with Crippen molar-refractivity contribution >= 4 is 17.4 Å². The van der Waals surface area contributed by atoms with Crippen molar-refractivity contribution in [2.24, 2.45) is 5.92 Å². The third kappa shape index (κ3) is 2.91. The van der Waals surface area contributed by atoms with Gasteiger partial charge in [-0.1, -0.05) is 23.7 Å². The van der Waals surface area contributed by atoms with Crippen LogP contribution < -0.4 is 5.32 Å². The molecule has 1 aromatic rings. The predicted molar refractivity (Wildman–Crippen MR) is 72.1 cm³/mol. The molecule has 98 valence electrons. The molecule has 2 rings (SSSR count). The molecule has 0 aliphatic carbocycles. The van der Waals surface area contributed by atoms with Gasteiger partial charge < -0.3 is 10.1 Å². The smallest absolute Gasteiger partial charge is 0.144 e. The van der Waals surface area contributed by atoms with Gasteiger partial charge in [0.15, 0.2) is 0 Å². The molecule has 0 radical (unpaired) electrons. The topological polar surface area (TPSA) is 38.3 Å². The van der Waals surface area contributed by atoms with Crippen LogP contribution in [0.15, 0.2) is 18.2 Å². The Hall–Kier alpha value is -0.900. The molecule has 2 unspecified atom stereocenters. The molecule has 18 heavy (non-hydrogen) atoms. The third-order valence-electron chi connectivity index (χ3n) is 3.44. The molecule has 0 bridgehead atoms. The number of carbonyl (C=O) groups excluding carboxylic acids is 1. The molecule has 0 amide bonds. The molecule has 3 nitrogen and oxygen atoms in total. The van der Waals surface area contributed by atoms with Gasteiger partial charge in [-0.2, -0.15) is 0 Å². The Balaban J connectivity index is 2.07. The second-order valence-corrected chi connectivity index (χ2v) is 5.18. The Kier molecular flexibility index (Phi) is 4.38. The lowest BCUT2D eigenvalue weighted by Gasteiger charge is -2.15.